The number of aromatic nitrogens is 2. The number of amides is 1. The second-order valence-electron chi connectivity index (χ2n) is 6.04. The molecule has 0 unspecified atom stereocenters. The van der Waals surface area contributed by atoms with Gasteiger partial charge in [0, 0.05) is 19.2 Å². The SMILES string of the molecule is Cc1ccc(CCNC(=O)c2cc(-c3ccc(F)cc3)nn2C)cc1. The fourth-order valence-corrected chi connectivity index (χ4v) is 2.61. The van der Waals surface area contributed by atoms with E-state index in [9.17, 15) is 9.18 Å². The normalized spacial score (nSPS) is 10.7. The van der Waals surface area contributed by atoms with Gasteiger partial charge >= 0.3 is 0 Å². The minimum Gasteiger partial charge on any atom is -0.350 e. The van der Waals surface area contributed by atoms with Gasteiger partial charge in [-0.3, -0.25) is 9.48 Å². The molecule has 0 aliphatic rings. The van der Waals surface area contributed by atoms with E-state index in [1.807, 2.05) is 6.92 Å². The van der Waals surface area contributed by atoms with Crippen LogP contribution in [0.1, 0.15) is 21.6 Å². The predicted molar refractivity (Wildman–Crippen MR) is 95.8 cm³/mol. The van der Waals surface area contributed by atoms with Crippen LogP contribution in [0.3, 0.4) is 0 Å². The van der Waals surface area contributed by atoms with E-state index in [-0.39, 0.29) is 11.7 Å². The zero-order valence-corrected chi connectivity index (χ0v) is 14.3. The minimum absolute atomic E-state index is 0.171. The van der Waals surface area contributed by atoms with E-state index in [1.165, 1.54) is 23.3 Å². The summed E-state index contributed by atoms with van der Waals surface area (Å²) in [5, 5.41) is 7.26. The van der Waals surface area contributed by atoms with Crippen molar-refractivity contribution >= 4 is 5.91 Å². The molecule has 0 radical (unpaired) electrons. The smallest absolute Gasteiger partial charge is 0.269 e. The number of nitrogens with zero attached hydrogens (tertiary/aromatic N) is 2. The van der Waals surface area contributed by atoms with E-state index in [1.54, 1.807) is 29.9 Å². The molecule has 0 aliphatic carbocycles. The molecule has 5 heteroatoms. The van der Waals surface area contributed by atoms with Gasteiger partial charge in [0.05, 0.1) is 5.69 Å². The van der Waals surface area contributed by atoms with Crippen LogP contribution in [0.5, 0.6) is 0 Å². The number of halogens is 1. The zero-order chi connectivity index (χ0) is 17.8. The lowest BCUT2D eigenvalue weighted by molar-refractivity contribution is 0.0944. The fraction of sp³-hybridized carbons (Fsp3) is 0.200. The van der Waals surface area contributed by atoms with Crippen molar-refractivity contribution in [3.63, 3.8) is 0 Å². The highest BCUT2D eigenvalue weighted by atomic mass is 19.1. The summed E-state index contributed by atoms with van der Waals surface area (Å²) in [4.78, 5) is 12.4. The summed E-state index contributed by atoms with van der Waals surface area (Å²) in [6, 6.07) is 16.0. The monoisotopic (exact) mass is 337 g/mol. The summed E-state index contributed by atoms with van der Waals surface area (Å²) < 4.78 is 14.6. The molecule has 0 aliphatic heterocycles. The van der Waals surface area contributed by atoms with Gasteiger partial charge in [0.15, 0.2) is 0 Å². The molecule has 1 amide bonds. The Morgan fingerprint density at radius 1 is 1.12 bits per heavy atom. The standard InChI is InChI=1S/C20H20FN3O/c1-14-3-5-15(6-4-14)11-12-22-20(25)19-13-18(23-24(19)2)16-7-9-17(21)10-8-16/h3-10,13H,11-12H2,1-2H3,(H,22,25). The second-order valence-corrected chi connectivity index (χ2v) is 6.04. The van der Waals surface area contributed by atoms with E-state index in [0.717, 1.165) is 12.0 Å². The molecule has 1 aromatic heterocycles. The number of carbonyl (C=O) groups is 1. The summed E-state index contributed by atoms with van der Waals surface area (Å²) in [6.07, 6.45) is 0.773. The molecule has 3 rings (SSSR count). The van der Waals surface area contributed by atoms with Crippen LogP contribution in [-0.4, -0.2) is 22.2 Å². The van der Waals surface area contributed by atoms with Crippen LogP contribution in [0.2, 0.25) is 0 Å². The molecular formula is C20H20FN3O. The topological polar surface area (TPSA) is 46.9 Å². The molecule has 2 aromatic carbocycles. The molecule has 0 saturated carbocycles. The van der Waals surface area contributed by atoms with E-state index < -0.39 is 0 Å². The number of benzene rings is 2. The molecule has 25 heavy (non-hydrogen) atoms. The highest BCUT2D eigenvalue weighted by molar-refractivity contribution is 5.93. The van der Waals surface area contributed by atoms with Crippen LogP contribution in [0.25, 0.3) is 11.3 Å². The first kappa shape index (κ1) is 16.9. The van der Waals surface area contributed by atoms with Crippen LogP contribution in [-0.2, 0) is 13.5 Å². The Balaban J connectivity index is 1.64. The van der Waals surface area contributed by atoms with E-state index in [2.05, 4.69) is 34.7 Å². The Labute approximate surface area is 146 Å². The van der Waals surface area contributed by atoms with Crippen molar-refractivity contribution in [2.75, 3.05) is 6.54 Å². The van der Waals surface area contributed by atoms with Gasteiger partial charge in [0.1, 0.15) is 11.5 Å². The lowest BCUT2D eigenvalue weighted by Gasteiger charge is -2.05. The molecule has 4 nitrogen and oxygen atoms in total. The van der Waals surface area contributed by atoms with Gasteiger partial charge in [0.25, 0.3) is 5.91 Å². The molecular weight excluding hydrogens is 317 g/mol. The Bertz CT molecular complexity index is 867. The Hall–Kier alpha value is -2.95. The maximum Gasteiger partial charge on any atom is 0.269 e. The second kappa shape index (κ2) is 7.30. The number of hydrogen-bond donors (Lipinski definition) is 1. The summed E-state index contributed by atoms with van der Waals surface area (Å²) in [5.74, 6) is -0.468. The molecule has 1 N–H and O–H groups in total. The predicted octanol–water partition coefficient (Wildman–Crippen LogP) is 3.51. The summed E-state index contributed by atoms with van der Waals surface area (Å²) >= 11 is 0. The van der Waals surface area contributed by atoms with Crippen LogP contribution in [0, 0.1) is 12.7 Å². The Morgan fingerprint density at radius 3 is 2.48 bits per heavy atom. The van der Waals surface area contributed by atoms with Gasteiger partial charge in [-0.1, -0.05) is 29.8 Å². The minimum atomic E-state index is -0.297. The van der Waals surface area contributed by atoms with Crippen molar-refractivity contribution in [1.29, 1.82) is 0 Å². The van der Waals surface area contributed by atoms with Gasteiger partial charge in [0.2, 0.25) is 0 Å². The molecule has 0 spiro atoms. The highest BCUT2D eigenvalue weighted by Crippen LogP contribution is 2.19. The zero-order valence-electron chi connectivity index (χ0n) is 14.3. The van der Waals surface area contributed by atoms with Gasteiger partial charge in [-0.05, 0) is 49.2 Å². The molecule has 0 bridgehead atoms. The molecule has 3 aromatic rings. The van der Waals surface area contributed by atoms with Crippen LogP contribution in [0.4, 0.5) is 4.39 Å². The number of carbonyl (C=O) groups excluding carboxylic acids is 1. The first-order valence-electron chi connectivity index (χ1n) is 8.16. The first-order chi connectivity index (χ1) is 12.0. The summed E-state index contributed by atoms with van der Waals surface area (Å²) in [5.41, 5.74) is 4.30. The average molecular weight is 337 g/mol. The van der Waals surface area contributed by atoms with E-state index in [4.69, 9.17) is 0 Å². The van der Waals surface area contributed by atoms with Crippen molar-refractivity contribution in [2.24, 2.45) is 7.05 Å². The molecule has 0 saturated heterocycles. The van der Waals surface area contributed by atoms with Gasteiger partial charge in [-0.2, -0.15) is 5.10 Å². The summed E-state index contributed by atoms with van der Waals surface area (Å²) in [7, 11) is 1.72. The van der Waals surface area contributed by atoms with Crippen molar-refractivity contribution < 1.29 is 9.18 Å². The average Bonchev–Trinajstić information content (AvgIpc) is 2.99. The maximum atomic E-state index is 13.0. The Morgan fingerprint density at radius 2 is 1.80 bits per heavy atom. The molecule has 0 fully saturated rings. The van der Waals surface area contributed by atoms with Gasteiger partial charge in [-0.15, -0.1) is 0 Å². The number of hydrogen-bond acceptors (Lipinski definition) is 2. The lowest BCUT2D eigenvalue weighted by Crippen LogP contribution is -2.27. The third-order valence-electron chi connectivity index (χ3n) is 4.07. The highest BCUT2D eigenvalue weighted by Gasteiger charge is 2.14. The first-order valence-corrected chi connectivity index (χ1v) is 8.16. The third-order valence-corrected chi connectivity index (χ3v) is 4.07. The number of nitrogens with one attached hydrogen (secondary N) is 1. The summed E-state index contributed by atoms with van der Waals surface area (Å²) in [6.45, 7) is 2.60. The largest absolute Gasteiger partial charge is 0.350 e. The van der Waals surface area contributed by atoms with E-state index in [0.29, 0.717) is 17.9 Å². The molecule has 128 valence electrons. The fourth-order valence-electron chi connectivity index (χ4n) is 2.61. The Kier molecular flexibility index (Phi) is 4.93. The maximum absolute atomic E-state index is 13.0. The van der Waals surface area contributed by atoms with Gasteiger partial charge < -0.3 is 5.32 Å². The third kappa shape index (κ3) is 4.12. The molecule has 0 atom stereocenters. The molecule has 1 heterocycles. The van der Waals surface area contributed by atoms with Crippen molar-refractivity contribution in [3.8, 4) is 11.3 Å². The van der Waals surface area contributed by atoms with E-state index >= 15 is 0 Å². The quantitative estimate of drug-likeness (QED) is 0.774. The lowest BCUT2D eigenvalue weighted by atomic mass is 10.1. The van der Waals surface area contributed by atoms with Gasteiger partial charge in [-0.25, -0.2) is 4.39 Å². The van der Waals surface area contributed by atoms with Crippen molar-refractivity contribution in [1.82, 2.24) is 15.1 Å². The van der Waals surface area contributed by atoms with Crippen LogP contribution < -0.4 is 5.32 Å². The van der Waals surface area contributed by atoms with Crippen molar-refractivity contribution in [3.05, 3.63) is 77.2 Å². The van der Waals surface area contributed by atoms with Crippen LogP contribution >= 0.6 is 0 Å². The number of rotatable bonds is 5. The number of aryl methyl sites for hydroxylation is 2. The van der Waals surface area contributed by atoms with Crippen molar-refractivity contribution in [2.45, 2.75) is 13.3 Å². The van der Waals surface area contributed by atoms with Crippen LogP contribution in [0.15, 0.2) is 54.6 Å².